The summed E-state index contributed by atoms with van der Waals surface area (Å²) in [6, 6.07) is -0.203. The number of amides is 2. The third kappa shape index (κ3) is 3.53. The summed E-state index contributed by atoms with van der Waals surface area (Å²) in [6.07, 6.45) is 5.54. The maximum absolute atomic E-state index is 13.0. The predicted molar refractivity (Wildman–Crippen MR) is 104 cm³/mol. The van der Waals surface area contributed by atoms with Gasteiger partial charge in [0.1, 0.15) is 24.4 Å². The van der Waals surface area contributed by atoms with Crippen LogP contribution in [0.3, 0.4) is 0 Å². The van der Waals surface area contributed by atoms with Gasteiger partial charge in [-0.05, 0) is 30.6 Å². The van der Waals surface area contributed by atoms with Crippen LogP contribution < -0.4 is 11.1 Å². The minimum atomic E-state index is -0.384. The topological polar surface area (TPSA) is 119 Å². The molecular formula is C19H27N7O2. The van der Waals surface area contributed by atoms with Gasteiger partial charge in [-0.15, -0.1) is 0 Å². The van der Waals surface area contributed by atoms with E-state index in [0.29, 0.717) is 23.6 Å². The molecule has 9 heteroatoms. The molecular weight excluding hydrogens is 358 g/mol. The summed E-state index contributed by atoms with van der Waals surface area (Å²) in [4.78, 5) is 39.8. The molecule has 2 aromatic rings. The third-order valence-corrected chi connectivity index (χ3v) is 5.60. The van der Waals surface area contributed by atoms with Crippen molar-refractivity contribution in [3.63, 3.8) is 0 Å². The largest absolute Gasteiger partial charge is 0.382 e. The number of anilines is 1. The summed E-state index contributed by atoms with van der Waals surface area (Å²) in [6.45, 7) is 7.14. The van der Waals surface area contributed by atoms with E-state index in [4.69, 9.17) is 5.73 Å². The molecule has 1 saturated carbocycles. The number of carbonyl (C=O) groups is 2. The molecule has 2 aliphatic rings. The van der Waals surface area contributed by atoms with Crippen molar-refractivity contribution in [1.82, 2.24) is 29.7 Å². The molecule has 1 aliphatic heterocycles. The Morgan fingerprint density at radius 3 is 2.79 bits per heavy atom. The summed E-state index contributed by atoms with van der Waals surface area (Å²) in [5, 5.41) is 3.01. The lowest BCUT2D eigenvalue weighted by atomic mass is 9.92. The zero-order valence-corrected chi connectivity index (χ0v) is 16.6. The Bertz CT molecular complexity index is 917. The Balaban J connectivity index is 1.45. The average molecular weight is 385 g/mol. The van der Waals surface area contributed by atoms with Crippen molar-refractivity contribution in [2.24, 2.45) is 11.3 Å². The van der Waals surface area contributed by atoms with Crippen LogP contribution in [0.15, 0.2) is 12.7 Å². The number of nitrogens with two attached hydrogens (primary N) is 1. The van der Waals surface area contributed by atoms with E-state index in [0.717, 1.165) is 19.3 Å². The molecule has 1 saturated heterocycles. The van der Waals surface area contributed by atoms with Crippen LogP contribution in [-0.4, -0.2) is 54.9 Å². The van der Waals surface area contributed by atoms with Crippen molar-refractivity contribution < 1.29 is 9.59 Å². The molecule has 9 nitrogen and oxygen atoms in total. The van der Waals surface area contributed by atoms with Gasteiger partial charge >= 0.3 is 0 Å². The Hall–Kier alpha value is -2.71. The lowest BCUT2D eigenvalue weighted by Gasteiger charge is -2.27. The fourth-order valence-corrected chi connectivity index (χ4v) is 3.97. The van der Waals surface area contributed by atoms with Gasteiger partial charge in [0.2, 0.25) is 11.8 Å². The number of fused-ring (bicyclic) bond motifs is 2. The van der Waals surface area contributed by atoms with Gasteiger partial charge in [-0.25, -0.2) is 15.0 Å². The van der Waals surface area contributed by atoms with Gasteiger partial charge < -0.3 is 20.5 Å². The van der Waals surface area contributed by atoms with Crippen LogP contribution in [0.2, 0.25) is 0 Å². The Labute approximate surface area is 163 Å². The molecule has 2 aromatic heterocycles. The molecule has 3 N–H and O–H groups in total. The van der Waals surface area contributed by atoms with Gasteiger partial charge in [-0.3, -0.25) is 9.59 Å². The van der Waals surface area contributed by atoms with Crippen LogP contribution in [0.25, 0.3) is 11.2 Å². The molecule has 150 valence electrons. The predicted octanol–water partition coefficient (Wildman–Crippen LogP) is 0.950. The maximum Gasteiger partial charge on any atom is 0.243 e. The third-order valence-electron chi connectivity index (χ3n) is 5.60. The van der Waals surface area contributed by atoms with Gasteiger partial charge in [0.05, 0.1) is 6.33 Å². The second kappa shape index (κ2) is 6.72. The first kappa shape index (κ1) is 18.6. The van der Waals surface area contributed by atoms with Crippen LogP contribution in [0, 0.1) is 11.3 Å². The highest BCUT2D eigenvalue weighted by Crippen LogP contribution is 2.48. The van der Waals surface area contributed by atoms with Gasteiger partial charge in [0, 0.05) is 12.6 Å². The number of rotatable bonds is 5. The first-order chi connectivity index (χ1) is 13.2. The van der Waals surface area contributed by atoms with Crippen molar-refractivity contribution in [2.45, 2.75) is 58.7 Å². The van der Waals surface area contributed by atoms with Crippen molar-refractivity contribution in [3.8, 4) is 0 Å². The van der Waals surface area contributed by atoms with Crippen molar-refractivity contribution >= 4 is 28.8 Å². The molecule has 3 atom stereocenters. The van der Waals surface area contributed by atoms with E-state index < -0.39 is 0 Å². The maximum atomic E-state index is 13.0. The molecule has 0 radical (unpaired) electrons. The van der Waals surface area contributed by atoms with Gasteiger partial charge in [-0.2, -0.15) is 0 Å². The molecule has 1 aliphatic carbocycles. The number of nitrogens with zero attached hydrogens (tertiary/aromatic N) is 5. The van der Waals surface area contributed by atoms with Crippen LogP contribution in [-0.2, 0) is 16.1 Å². The van der Waals surface area contributed by atoms with Crippen LogP contribution in [0.1, 0.15) is 40.0 Å². The average Bonchev–Trinajstić information content (AvgIpc) is 3.08. The Kier molecular flexibility index (Phi) is 4.47. The summed E-state index contributed by atoms with van der Waals surface area (Å²) < 4.78 is 1.67. The van der Waals surface area contributed by atoms with Gasteiger partial charge in [0.25, 0.3) is 0 Å². The van der Waals surface area contributed by atoms with E-state index in [1.165, 1.54) is 6.33 Å². The molecule has 0 aromatic carbocycles. The standard InChI is InChI=1S/C19H27N7O2/c1-19(2,3)4-5-21-18(28)13-7-11-6-12(11)26(13)14(27)8-25-10-24-15-16(20)22-9-23-17(15)25/h9-13H,4-8H2,1-3H3,(H,21,28)(H2,20,22,23)/t11-,12?,13+/m1/s1. The fourth-order valence-electron chi connectivity index (χ4n) is 3.97. The quantitative estimate of drug-likeness (QED) is 0.791. The normalized spacial score (nSPS) is 23.7. The summed E-state index contributed by atoms with van der Waals surface area (Å²) >= 11 is 0. The molecule has 0 bridgehead atoms. The van der Waals surface area contributed by atoms with E-state index in [9.17, 15) is 9.59 Å². The highest BCUT2D eigenvalue weighted by molar-refractivity contribution is 5.90. The van der Waals surface area contributed by atoms with Crippen LogP contribution >= 0.6 is 0 Å². The first-order valence-electron chi connectivity index (χ1n) is 9.75. The minimum Gasteiger partial charge on any atom is -0.382 e. The smallest absolute Gasteiger partial charge is 0.243 e. The zero-order chi connectivity index (χ0) is 20.1. The van der Waals surface area contributed by atoms with E-state index in [1.807, 2.05) is 0 Å². The first-order valence-corrected chi connectivity index (χ1v) is 9.75. The van der Waals surface area contributed by atoms with E-state index in [1.54, 1.807) is 15.8 Å². The van der Waals surface area contributed by atoms with Crippen LogP contribution in [0.5, 0.6) is 0 Å². The molecule has 3 heterocycles. The number of nitrogens with one attached hydrogen (secondary N) is 1. The minimum absolute atomic E-state index is 0.0492. The number of aromatic nitrogens is 4. The van der Waals surface area contributed by atoms with Crippen molar-refractivity contribution in [1.29, 1.82) is 0 Å². The van der Waals surface area contributed by atoms with E-state index >= 15 is 0 Å². The van der Waals surface area contributed by atoms with E-state index in [-0.39, 0.29) is 41.7 Å². The lowest BCUT2D eigenvalue weighted by Crippen LogP contribution is -2.49. The van der Waals surface area contributed by atoms with Crippen molar-refractivity contribution in [3.05, 3.63) is 12.7 Å². The van der Waals surface area contributed by atoms with E-state index in [2.05, 4.69) is 41.0 Å². The number of imidazole rings is 1. The number of carbonyl (C=O) groups excluding carboxylic acids is 2. The van der Waals surface area contributed by atoms with Gasteiger partial charge in [-0.1, -0.05) is 20.8 Å². The summed E-state index contributed by atoms with van der Waals surface area (Å²) in [5.74, 6) is 0.597. The SMILES string of the molecule is CC(C)(C)CCNC(=O)[C@@H]1C[C@H]2CC2N1C(=O)Cn1cnc2c(N)ncnc21. The molecule has 2 fully saturated rings. The summed E-state index contributed by atoms with van der Waals surface area (Å²) in [7, 11) is 0. The van der Waals surface area contributed by atoms with Crippen LogP contribution in [0.4, 0.5) is 5.82 Å². The number of hydrogen-bond acceptors (Lipinski definition) is 6. The van der Waals surface area contributed by atoms with Crippen molar-refractivity contribution in [2.75, 3.05) is 12.3 Å². The second-order valence-corrected chi connectivity index (χ2v) is 9.02. The molecule has 28 heavy (non-hydrogen) atoms. The molecule has 4 rings (SSSR count). The fraction of sp³-hybridized carbons (Fsp3) is 0.632. The Morgan fingerprint density at radius 2 is 2.04 bits per heavy atom. The number of hydrogen-bond donors (Lipinski definition) is 2. The molecule has 0 spiro atoms. The molecule has 2 amide bonds. The number of piperidine rings is 1. The number of nitrogen functional groups attached to an aromatic ring is 1. The summed E-state index contributed by atoms with van der Waals surface area (Å²) in [5.41, 5.74) is 6.98. The Morgan fingerprint density at radius 1 is 1.25 bits per heavy atom. The lowest BCUT2D eigenvalue weighted by molar-refractivity contribution is -0.140. The highest BCUT2D eigenvalue weighted by atomic mass is 16.2. The molecule has 1 unspecified atom stereocenters. The van der Waals surface area contributed by atoms with Gasteiger partial charge in [0.15, 0.2) is 11.5 Å². The highest BCUT2D eigenvalue weighted by Gasteiger charge is 2.55. The second-order valence-electron chi connectivity index (χ2n) is 9.02. The number of likely N-dealkylation sites (tertiary alicyclic amines) is 1. The monoisotopic (exact) mass is 385 g/mol. The zero-order valence-electron chi connectivity index (χ0n) is 16.6.